The summed E-state index contributed by atoms with van der Waals surface area (Å²) in [6, 6.07) is 9.21. The Morgan fingerprint density at radius 1 is 1.26 bits per heavy atom. The molecule has 0 saturated carbocycles. The smallest absolute Gasteiger partial charge is 0.253 e. The normalized spacial score (nSPS) is 19.7. The molecule has 1 aliphatic heterocycles. The molecule has 23 heavy (non-hydrogen) atoms. The van der Waals surface area contributed by atoms with Crippen LogP contribution in [0.2, 0.25) is 0 Å². The highest BCUT2D eigenvalue weighted by atomic mass is 32.2. The van der Waals surface area contributed by atoms with E-state index in [4.69, 9.17) is 0 Å². The van der Waals surface area contributed by atoms with E-state index >= 15 is 0 Å². The number of amides is 1. The highest BCUT2D eigenvalue weighted by molar-refractivity contribution is 7.91. The van der Waals surface area contributed by atoms with E-state index < -0.39 is 9.84 Å². The lowest BCUT2D eigenvalue weighted by molar-refractivity contribution is 0.0747. The molecule has 1 aromatic heterocycles. The van der Waals surface area contributed by atoms with Crippen molar-refractivity contribution in [3.05, 3.63) is 53.9 Å². The first-order chi connectivity index (χ1) is 10.9. The average molecular weight is 332 g/mol. The van der Waals surface area contributed by atoms with Crippen molar-refractivity contribution in [2.24, 2.45) is 0 Å². The fourth-order valence-corrected chi connectivity index (χ4v) is 4.74. The van der Waals surface area contributed by atoms with Gasteiger partial charge in [0.2, 0.25) is 0 Å². The van der Waals surface area contributed by atoms with Gasteiger partial charge in [-0.25, -0.2) is 8.42 Å². The van der Waals surface area contributed by atoms with Crippen molar-refractivity contribution in [3.63, 3.8) is 0 Å². The lowest BCUT2D eigenvalue weighted by atomic mass is 10.1. The number of carbonyl (C=O) groups excluding carboxylic acids is 1. The van der Waals surface area contributed by atoms with Crippen LogP contribution in [0.1, 0.15) is 22.3 Å². The molecule has 3 rings (SSSR count). The Morgan fingerprint density at radius 2 is 1.96 bits per heavy atom. The molecule has 5 nitrogen and oxygen atoms in total. The predicted molar refractivity (Wildman–Crippen MR) is 89.7 cm³/mol. The van der Waals surface area contributed by atoms with E-state index in [1.165, 1.54) is 0 Å². The fourth-order valence-electron chi connectivity index (χ4n) is 2.97. The molecule has 1 amide bonds. The monoisotopic (exact) mass is 332 g/mol. The van der Waals surface area contributed by atoms with Gasteiger partial charge < -0.3 is 9.47 Å². The second kappa shape index (κ2) is 5.85. The van der Waals surface area contributed by atoms with Gasteiger partial charge in [-0.05, 0) is 43.2 Å². The van der Waals surface area contributed by atoms with E-state index in [-0.39, 0.29) is 23.5 Å². The second-order valence-corrected chi connectivity index (χ2v) is 8.29. The average Bonchev–Trinajstić information content (AvgIpc) is 3.15. The third kappa shape index (κ3) is 3.17. The third-order valence-electron chi connectivity index (χ3n) is 4.42. The molecule has 0 radical (unpaired) electrons. The Morgan fingerprint density at radius 3 is 2.57 bits per heavy atom. The molecule has 1 saturated heterocycles. The molecule has 0 bridgehead atoms. The summed E-state index contributed by atoms with van der Waals surface area (Å²) < 4.78 is 25.2. The minimum Gasteiger partial charge on any atom is -0.338 e. The number of nitrogens with zero attached hydrogens (tertiary/aromatic N) is 2. The molecule has 1 aliphatic rings. The zero-order chi connectivity index (χ0) is 16.6. The first-order valence-corrected chi connectivity index (χ1v) is 9.41. The number of sulfone groups is 1. The molecular formula is C17H20N2O3S. The predicted octanol–water partition coefficient (Wildman–Crippen LogP) is 2.04. The van der Waals surface area contributed by atoms with Gasteiger partial charge in [-0.1, -0.05) is 6.07 Å². The Kier molecular flexibility index (Phi) is 4.02. The summed E-state index contributed by atoms with van der Waals surface area (Å²) in [6.45, 7) is 2.00. The van der Waals surface area contributed by atoms with Crippen LogP contribution in [0.25, 0.3) is 5.69 Å². The van der Waals surface area contributed by atoms with Crippen LogP contribution in [-0.4, -0.2) is 48.4 Å². The van der Waals surface area contributed by atoms with Crippen LogP contribution < -0.4 is 0 Å². The lowest BCUT2D eigenvalue weighted by Gasteiger charge is -2.24. The van der Waals surface area contributed by atoms with E-state index in [9.17, 15) is 13.2 Å². The van der Waals surface area contributed by atoms with Crippen molar-refractivity contribution in [1.29, 1.82) is 0 Å². The molecule has 122 valence electrons. The Bertz CT molecular complexity index is 826. The second-order valence-electron chi connectivity index (χ2n) is 6.06. The fraction of sp³-hybridized carbons (Fsp3) is 0.353. The molecule has 2 heterocycles. The van der Waals surface area contributed by atoms with E-state index in [1.54, 1.807) is 18.0 Å². The molecule has 1 atom stereocenters. The number of carbonyl (C=O) groups is 1. The summed E-state index contributed by atoms with van der Waals surface area (Å²) in [5, 5.41) is 0. The molecule has 0 spiro atoms. The van der Waals surface area contributed by atoms with Gasteiger partial charge in [0, 0.05) is 36.7 Å². The zero-order valence-corrected chi connectivity index (χ0v) is 14.1. The molecule has 2 aromatic rings. The molecule has 0 N–H and O–H groups in total. The van der Waals surface area contributed by atoms with Crippen molar-refractivity contribution in [3.8, 4) is 5.69 Å². The molecule has 0 aliphatic carbocycles. The number of hydrogen-bond acceptors (Lipinski definition) is 3. The van der Waals surface area contributed by atoms with Crippen LogP contribution in [0.4, 0.5) is 0 Å². The summed E-state index contributed by atoms with van der Waals surface area (Å²) >= 11 is 0. The largest absolute Gasteiger partial charge is 0.338 e. The molecule has 6 heteroatoms. The number of rotatable bonds is 3. The maximum absolute atomic E-state index is 12.7. The van der Waals surface area contributed by atoms with Gasteiger partial charge in [-0.15, -0.1) is 0 Å². The van der Waals surface area contributed by atoms with Crippen LogP contribution in [-0.2, 0) is 9.84 Å². The van der Waals surface area contributed by atoms with Gasteiger partial charge in [0.25, 0.3) is 5.91 Å². The lowest BCUT2D eigenvalue weighted by Crippen LogP contribution is -2.37. The third-order valence-corrected chi connectivity index (χ3v) is 6.17. The van der Waals surface area contributed by atoms with Crippen LogP contribution in [0.5, 0.6) is 0 Å². The standard InChI is InChI=1S/C17H20N2O3S/c1-13-5-6-14(11-16(13)19-8-3-4-9-19)17(20)18(2)15-7-10-23(21,22)12-15/h3-6,8-9,11,15H,7,10,12H2,1-2H3/t15-/m1/s1. The van der Waals surface area contributed by atoms with E-state index in [2.05, 4.69) is 0 Å². The summed E-state index contributed by atoms with van der Waals surface area (Å²) in [5.41, 5.74) is 2.60. The Labute approximate surface area is 136 Å². The Balaban J connectivity index is 1.87. The summed E-state index contributed by atoms with van der Waals surface area (Å²) in [4.78, 5) is 14.3. The van der Waals surface area contributed by atoms with E-state index in [0.717, 1.165) is 11.3 Å². The minimum absolute atomic E-state index is 0.0611. The van der Waals surface area contributed by atoms with E-state index in [1.807, 2.05) is 48.1 Å². The number of hydrogen-bond donors (Lipinski definition) is 0. The summed E-state index contributed by atoms with van der Waals surface area (Å²) in [6.07, 6.45) is 4.38. The summed E-state index contributed by atoms with van der Waals surface area (Å²) in [7, 11) is -1.32. The molecular weight excluding hydrogens is 312 g/mol. The van der Waals surface area contributed by atoms with Crippen LogP contribution in [0.3, 0.4) is 0 Å². The molecule has 0 unspecified atom stereocenters. The summed E-state index contributed by atoms with van der Waals surface area (Å²) in [5.74, 6) is 0.0871. The van der Waals surface area contributed by atoms with Crippen molar-refractivity contribution in [2.75, 3.05) is 18.6 Å². The van der Waals surface area contributed by atoms with Gasteiger partial charge in [-0.2, -0.15) is 0 Å². The topological polar surface area (TPSA) is 59.4 Å². The minimum atomic E-state index is -3.00. The van der Waals surface area contributed by atoms with Crippen LogP contribution >= 0.6 is 0 Å². The molecule has 1 aromatic carbocycles. The maximum atomic E-state index is 12.7. The number of benzene rings is 1. The first kappa shape index (κ1) is 15.8. The highest BCUT2D eigenvalue weighted by Crippen LogP contribution is 2.21. The Hall–Kier alpha value is -2.08. The van der Waals surface area contributed by atoms with Crippen LogP contribution in [0, 0.1) is 6.92 Å². The number of aryl methyl sites for hydroxylation is 1. The van der Waals surface area contributed by atoms with Gasteiger partial charge in [0.05, 0.1) is 11.5 Å². The maximum Gasteiger partial charge on any atom is 0.253 e. The van der Waals surface area contributed by atoms with Gasteiger partial charge >= 0.3 is 0 Å². The van der Waals surface area contributed by atoms with Crippen molar-refractivity contribution in [1.82, 2.24) is 9.47 Å². The van der Waals surface area contributed by atoms with Crippen molar-refractivity contribution >= 4 is 15.7 Å². The SMILES string of the molecule is Cc1ccc(C(=O)N(C)[C@@H]2CCS(=O)(=O)C2)cc1-n1cccc1. The van der Waals surface area contributed by atoms with Gasteiger partial charge in [0.1, 0.15) is 0 Å². The van der Waals surface area contributed by atoms with Crippen LogP contribution in [0.15, 0.2) is 42.7 Å². The van der Waals surface area contributed by atoms with Gasteiger partial charge in [-0.3, -0.25) is 4.79 Å². The van der Waals surface area contributed by atoms with Crippen molar-refractivity contribution < 1.29 is 13.2 Å². The van der Waals surface area contributed by atoms with E-state index in [0.29, 0.717) is 12.0 Å². The highest BCUT2D eigenvalue weighted by Gasteiger charge is 2.33. The molecule has 1 fully saturated rings. The zero-order valence-electron chi connectivity index (χ0n) is 13.3. The first-order valence-electron chi connectivity index (χ1n) is 7.59. The van der Waals surface area contributed by atoms with Crippen molar-refractivity contribution in [2.45, 2.75) is 19.4 Å². The number of aromatic nitrogens is 1. The van der Waals surface area contributed by atoms with Gasteiger partial charge in [0.15, 0.2) is 9.84 Å². The quantitative estimate of drug-likeness (QED) is 0.864.